The van der Waals surface area contributed by atoms with Crippen molar-refractivity contribution in [2.45, 2.75) is 38.8 Å². The second kappa shape index (κ2) is 6.83. The fourth-order valence-electron chi connectivity index (χ4n) is 4.33. The number of amides is 1. The zero-order valence-corrected chi connectivity index (χ0v) is 15.8. The topological polar surface area (TPSA) is 54.5 Å². The zero-order valence-electron chi connectivity index (χ0n) is 15.8. The van der Waals surface area contributed by atoms with E-state index in [4.69, 9.17) is 4.74 Å². The predicted molar refractivity (Wildman–Crippen MR) is 102 cm³/mol. The molecule has 6 heteroatoms. The van der Waals surface area contributed by atoms with Crippen LogP contribution in [0.15, 0.2) is 36.5 Å². The number of carbonyl (C=O) groups excluding carboxylic acids is 1. The van der Waals surface area contributed by atoms with Crippen LogP contribution < -0.4 is 15.0 Å². The van der Waals surface area contributed by atoms with Crippen molar-refractivity contribution < 1.29 is 13.9 Å². The number of nitrogens with zero attached hydrogens (tertiary/aromatic N) is 2. The zero-order chi connectivity index (χ0) is 19.1. The van der Waals surface area contributed by atoms with Crippen molar-refractivity contribution in [3.63, 3.8) is 0 Å². The first-order chi connectivity index (χ1) is 13.0. The Bertz CT molecular complexity index is 868. The molecule has 2 aliphatic rings. The molecule has 2 heterocycles. The average molecular weight is 369 g/mol. The van der Waals surface area contributed by atoms with Crippen LogP contribution in [-0.4, -0.2) is 24.0 Å². The van der Waals surface area contributed by atoms with Crippen molar-refractivity contribution in [3.8, 4) is 5.88 Å². The van der Waals surface area contributed by atoms with Crippen LogP contribution in [0.3, 0.4) is 0 Å². The number of carbonyl (C=O) groups is 1. The van der Waals surface area contributed by atoms with Crippen LogP contribution >= 0.6 is 0 Å². The molecule has 0 bridgehead atoms. The molecule has 2 aromatic rings. The molecule has 1 aromatic heterocycles. The minimum Gasteiger partial charge on any atom is -0.481 e. The van der Waals surface area contributed by atoms with Gasteiger partial charge in [-0.15, -0.1) is 0 Å². The summed E-state index contributed by atoms with van der Waals surface area (Å²) < 4.78 is 19.3. The van der Waals surface area contributed by atoms with Gasteiger partial charge in [-0.25, -0.2) is 9.37 Å². The third-order valence-electron chi connectivity index (χ3n) is 5.66. The summed E-state index contributed by atoms with van der Waals surface area (Å²) >= 11 is 0. The van der Waals surface area contributed by atoms with E-state index in [1.807, 2.05) is 17.0 Å². The van der Waals surface area contributed by atoms with Gasteiger partial charge in [0.1, 0.15) is 5.82 Å². The van der Waals surface area contributed by atoms with Gasteiger partial charge in [0.15, 0.2) is 0 Å². The number of anilines is 2. The van der Waals surface area contributed by atoms with E-state index in [2.05, 4.69) is 17.2 Å². The highest BCUT2D eigenvalue weighted by molar-refractivity contribution is 5.94. The number of benzene rings is 1. The number of ether oxygens (including phenoxy) is 1. The number of fused-ring (bicyclic) bond motifs is 1. The highest BCUT2D eigenvalue weighted by Gasteiger charge is 2.47. The lowest BCUT2D eigenvalue weighted by molar-refractivity contribution is -0.117. The van der Waals surface area contributed by atoms with E-state index in [-0.39, 0.29) is 29.7 Å². The number of pyridine rings is 1. The number of nitrogens with one attached hydrogen (secondary N) is 1. The number of hydrogen-bond donors (Lipinski definition) is 1. The molecule has 1 N–H and O–H groups in total. The number of halogens is 1. The number of rotatable bonds is 4. The molecule has 1 amide bonds. The van der Waals surface area contributed by atoms with Crippen LogP contribution in [0, 0.1) is 17.7 Å². The quantitative estimate of drug-likeness (QED) is 0.879. The van der Waals surface area contributed by atoms with Crippen molar-refractivity contribution >= 4 is 17.3 Å². The lowest BCUT2D eigenvalue weighted by atomic mass is 9.80. The van der Waals surface area contributed by atoms with Crippen molar-refractivity contribution in [2.75, 3.05) is 17.3 Å². The summed E-state index contributed by atoms with van der Waals surface area (Å²) in [5.41, 5.74) is 2.47. The highest BCUT2D eigenvalue weighted by Crippen LogP contribution is 2.50. The predicted octanol–water partition coefficient (Wildman–Crippen LogP) is 4.16. The van der Waals surface area contributed by atoms with E-state index in [1.165, 1.54) is 6.07 Å². The first kappa shape index (κ1) is 17.8. The summed E-state index contributed by atoms with van der Waals surface area (Å²) in [7, 11) is 1.58. The standard InChI is InChI=1S/C21H24FN3O2/c1-12-20(24-16-8-9-23-19(11-16)27-3)17-10-15(22)6-7-18(17)25(13(2)26)21(12)14-4-5-14/h6-12,14,20-21H,4-5H2,1-3H3,(H,23,24). The summed E-state index contributed by atoms with van der Waals surface area (Å²) in [4.78, 5) is 18.5. The Kier molecular flexibility index (Phi) is 4.50. The maximum Gasteiger partial charge on any atom is 0.224 e. The van der Waals surface area contributed by atoms with Gasteiger partial charge in [0.2, 0.25) is 11.8 Å². The second-order valence-corrected chi connectivity index (χ2v) is 7.49. The first-order valence-corrected chi connectivity index (χ1v) is 9.35. The minimum atomic E-state index is -0.298. The molecular formula is C21H24FN3O2. The normalized spacial score (nSPS) is 24.3. The maximum absolute atomic E-state index is 14.1. The molecule has 1 saturated carbocycles. The van der Waals surface area contributed by atoms with Crippen LogP contribution in [0.25, 0.3) is 0 Å². The monoisotopic (exact) mass is 369 g/mol. The molecule has 0 radical (unpaired) electrons. The van der Waals surface area contributed by atoms with E-state index in [0.717, 1.165) is 29.8 Å². The molecule has 0 spiro atoms. The van der Waals surface area contributed by atoms with Crippen LogP contribution in [0.5, 0.6) is 5.88 Å². The molecule has 3 unspecified atom stereocenters. The van der Waals surface area contributed by atoms with Crippen LogP contribution in [0.2, 0.25) is 0 Å². The van der Waals surface area contributed by atoms with Gasteiger partial charge in [-0.3, -0.25) is 4.79 Å². The van der Waals surface area contributed by atoms with Gasteiger partial charge in [-0.2, -0.15) is 0 Å². The second-order valence-electron chi connectivity index (χ2n) is 7.49. The first-order valence-electron chi connectivity index (χ1n) is 9.35. The average Bonchev–Trinajstić information content (AvgIpc) is 3.48. The molecule has 1 aliphatic heterocycles. The van der Waals surface area contributed by atoms with E-state index in [1.54, 1.807) is 32.4 Å². The van der Waals surface area contributed by atoms with Crippen molar-refractivity contribution in [3.05, 3.63) is 47.9 Å². The Morgan fingerprint density at radius 2 is 2.07 bits per heavy atom. The van der Waals surface area contributed by atoms with E-state index in [0.29, 0.717) is 11.8 Å². The highest BCUT2D eigenvalue weighted by atomic mass is 19.1. The Hall–Kier alpha value is -2.63. The summed E-state index contributed by atoms with van der Waals surface area (Å²) in [5.74, 6) is 0.865. The summed E-state index contributed by atoms with van der Waals surface area (Å²) in [5, 5.41) is 3.54. The summed E-state index contributed by atoms with van der Waals surface area (Å²) in [6.45, 7) is 3.74. The molecule has 4 rings (SSSR count). The van der Waals surface area contributed by atoms with E-state index in [9.17, 15) is 9.18 Å². The molecule has 0 saturated heterocycles. The largest absolute Gasteiger partial charge is 0.481 e. The Morgan fingerprint density at radius 3 is 2.74 bits per heavy atom. The fourth-order valence-corrected chi connectivity index (χ4v) is 4.33. The maximum atomic E-state index is 14.1. The lowest BCUT2D eigenvalue weighted by Gasteiger charge is -2.46. The third kappa shape index (κ3) is 3.24. The molecule has 142 valence electrons. The van der Waals surface area contributed by atoms with Gasteiger partial charge >= 0.3 is 0 Å². The van der Waals surface area contributed by atoms with Crippen molar-refractivity contribution in [2.24, 2.45) is 11.8 Å². The van der Waals surface area contributed by atoms with Crippen LogP contribution in [-0.2, 0) is 4.79 Å². The van der Waals surface area contributed by atoms with E-state index >= 15 is 0 Å². The lowest BCUT2D eigenvalue weighted by Crippen LogP contribution is -2.51. The molecule has 1 fully saturated rings. The smallest absolute Gasteiger partial charge is 0.224 e. The number of hydrogen-bond acceptors (Lipinski definition) is 4. The van der Waals surface area contributed by atoms with Crippen LogP contribution in [0.1, 0.15) is 38.3 Å². The van der Waals surface area contributed by atoms with Gasteiger partial charge in [0.25, 0.3) is 0 Å². The molecule has 1 aromatic carbocycles. The molecule has 5 nitrogen and oxygen atoms in total. The Labute approximate surface area is 158 Å². The fraction of sp³-hybridized carbons (Fsp3) is 0.429. The van der Waals surface area contributed by atoms with Gasteiger partial charge < -0.3 is 15.0 Å². The third-order valence-corrected chi connectivity index (χ3v) is 5.66. The van der Waals surface area contributed by atoms with Crippen molar-refractivity contribution in [1.82, 2.24) is 4.98 Å². The minimum absolute atomic E-state index is 0.00985. The SMILES string of the molecule is COc1cc(NC2c3cc(F)ccc3N(C(C)=O)C(C3CC3)C2C)ccn1. The molecular weight excluding hydrogens is 345 g/mol. The van der Waals surface area contributed by atoms with Crippen LogP contribution in [0.4, 0.5) is 15.8 Å². The summed E-state index contributed by atoms with van der Waals surface area (Å²) in [6.07, 6.45) is 3.94. The summed E-state index contributed by atoms with van der Waals surface area (Å²) in [6, 6.07) is 8.41. The van der Waals surface area contributed by atoms with E-state index < -0.39 is 0 Å². The van der Waals surface area contributed by atoms with Gasteiger partial charge in [0.05, 0.1) is 13.2 Å². The molecule has 1 aliphatic carbocycles. The van der Waals surface area contributed by atoms with Gasteiger partial charge in [0, 0.05) is 48.1 Å². The van der Waals surface area contributed by atoms with Gasteiger partial charge in [-0.1, -0.05) is 6.92 Å². The Balaban J connectivity index is 1.78. The van der Waals surface area contributed by atoms with Crippen molar-refractivity contribution in [1.29, 1.82) is 0 Å². The van der Waals surface area contributed by atoms with Gasteiger partial charge in [-0.05, 0) is 43.0 Å². The molecule has 3 atom stereocenters. The molecule has 27 heavy (non-hydrogen) atoms. The number of methoxy groups -OCH3 is 1. The Morgan fingerprint density at radius 1 is 1.30 bits per heavy atom. The number of aromatic nitrogens is 1.